The molecule has 0 bridgehead atoms. The van der Waals surface area contributed by atoms with Crippen molar-refractivity contribution in [2.45, 2.75) is 0 Å². The molecule has 1 aromatic rings. The Labute approximate surface area is 66.1 Å². The van der Waals surface area contributed by atoms with E-state index in [1.807, 2.05) is 30.3 Å². The van der Waals surface area contributed by atoms with Crippen LogP contribution in [0.3, 0.4) is 0 Å². The van der Waals surface area contributed by atoms with Crippen LogP contribution in [0.1, 0.15) is 5.56 Å². The van der Waals surface area contributed by atoms with Crippen molar-refractivity contribution in [3.8, 4) is 0 Å². The molecule has 11 heavy (non-hydrogen) atoms. The molecule has 0 spiro atoms. The van der Waals surface area contributed by atoms with Gasteiger partial charge in [0.25, 0.3) is 0 Å². The summed E-state index contributed by atoms with van der Waals surface area (Å²) in [7, 11) is -2.15. The number of rotatable bonds is 2. The van der Waals surface area contributed by atoms with Gasteiger partial charge in [-0.05, 0) is 16.2 Å². The summed E-state index contributed by atoms with van der Waals surface area (Å²) in [5, 5.41) is 0. The summed E-state index contributed by atoms with van der Waals surface area (Å²) in [5.41, 5.74) is 0.935. The molecule has 0 amide bonds. The number of benzene rings is 1. The topological polar surface area (TPSA) is 37.3 Å². The van der Waals surface area contributed by atoms with Crippen LogP contribution in [0.25, 0.3) is 6.08 Å². The van der Waals surface area contributed by atoms with Crippen LogP contribution < -0.4 is 0 Å². The molecule has 2 nitrogen and oxygen atoms in total. The molecule has 0 fully saturated rings. The first-order chi connectivity index (χ1) is 5.29. The second kappa shape index (κ2) is 4.02. The van der Waals surface area contributed by atoms with Gasteiger partial charge in [-0.2, -0.15) is 4.89 Å². The maximum Gasteiger partial charge on any atom is 0.538 e. The van der Waals surface area contributed by atoms with Gasteiger partial charge in [-0.3, -0.25) is 0 Å². The van der Waals surface area contributed by atoms with E-state index < -0.39 is 8.03 Å². The predicted molar refractivity (Wildman–Crippen MR) is 45.3 cm³/mol. The zero-order valence-electron chi connectivity index (χ0n) is 5.84. The van der Waals surface area contributed by atoms with Gasteiger partial charge < -0.3 is 0 Å². The third-order valence-corrected chi connectivity index (χ3v) is 1.60. The Morgan fingerprint density at radius 2 is 1.91 bits per heavy atom. The minimum Gasteiger partial charge on any atom is -0.157 e. The van der Waals surface area contributed by atoms with Crippen molar-refractivity contribution in [1.29, 1.82) is 0 Å². The highest BCUT2D eigenvalue weighted by atomic mass is 31.1. The summed E-state index contributed by atoms with van der Waals surface area (Å²) in [6.45, 7) is 0. The van der Waals surface area contributed by atoms with Crippen molar-refractivity contribution >= 4 is 14.1 Å². The lowest BCUT2D eigenvalue weighted by atomic mass is 10.2. The van der Waals surface area contributed by atoms with Gasteiger partial charge in [0.2, 0.25) is 0 Å². The van der Waals surface area contributed by atoms with Gasteiger partial charge in [0.05, 0.1) is 0 Å². The maximum absolute atomic E-state index is 10.2. The van der Waals surface area contributed by atoms with Gasteiger partial charge in [0.15, 0.2) is 5.82 Å². The van der Waals surface area contributed by atoms with E-state index in [2.05, 4.69) is 0 Å². The molecule has 0 saturated heterocycles. The van der Waals surface area contributed by atoms with E-state index in [4.69, 9.17) is 4.89 Å². The first kappa shape index (κ1) is 8.12. The molecule has 1 atom stereocenters. The van der Waals surface area contributed by atoms with Gasteiger partial charge in [-0.1, -0.05) is 30.3 Å². The van der Waals surface area contributed by atoms with Gasteiger partial charge in [-0.25, -0.2) is 0 Å². The highest BCUT2D eigenvalue weighted by molar-refractivity contribution is 7.41. The van der Waals surface area contributed by atoms with Crippen molar-refractivity contribution in [1.82, 2.24) is 0 Å². The van der Waals surface area contributed by atoms with E-state index in [0.717, 1.165) is 5.56 Å². The number of hydrogen-bond acceptors (Lipinski definition) is 1. The Balaban J connectivity index is 2.72. The summed E-state index contributed by atoms with van der Waals surface area (Å²) in [5.74, 6) is 1.27. The molecule has 0 heterocycles. The zero-order valence-corrected chi connectivity index (χ0v) is 6.74. The van der Waals surface area contributed by atoms with Gasteiger partial charge in [-0.15, -0.1) is 0 Å². The van der Waals surface area contributed by atoms with Crippen LogP contribution >= 0.6 is 8.03 Å². The van der Waals surface area contributed by atoms with E-state index >= 15 is 0 Å². The standard InChI is InChI=1S/C8H7O2P/c9-11(10)7-6-8-4-2-1-3-5-8/h1-7H/p+1/b7-6+. The Bertz CT molecular complexity index is 267. The summed E-state index contributed by atoms with van der Waals surface area (Å²) in [4.78, 5) is 8.44. The molecular formula is C8H8O2P+. The Hall–Kier alpha value is -0.980. The Morgan fingerprint density at radius 1 is 1.27 bits per heavy atom. The average Bonchev–Trinajstić information content (AvgIpc) is 2.03. The van der Waals surface area contributed by atoms with Crippen LogP contribution in [-0.4, -0.2) is 4.89 Å². The van der Waals surface area contributed by atoms with Crippen LogP contribution in [0.15, 0.2) is 36.1 Å². The molecule has 0 aliphatic carbocycles. The third kappa shape index (κ3) is 3.08. The predicted octanol–water partition coefficient (Wildman–Crippen LogP) is 2.39. The summed E-state index contributed by atoms with van der Waals surface area (Å²) in [6.07, 6.45) is 1.62. The molecule has 0 radical (unpaired) electrons. The SMILES string of the molecule is O=[P+](O)/C=C/c1ccccc1. The molecule has 56 valence electrons. The largest absolute Gasteiger partial charge is 0.538 e. The van der Waals surface area contributed by atoms with Crippen molar-refractivity contribution in [3.63, 3.8) is 0 Å². The second-order valence-corrected chi connectivity index (χ2v) is 2.93. The fourth-order valence-electron chi connectivity index (χ4n) is 0.714. The highest BCUT2D eigenvalue weighted by Crippen LogP contribution is 2.16. The molecule has 3 heteroatoms. The molecule has 1 N–H and O–H groups in total. The quantitative estimate of drug-likeness (QED) is 0.686. The average molecular weight is 167 g/mol. The fraction of sp³-hybridized carbons (Fsp3) is 0. The lowest BCUT2D eigenvalue weighted by Gasteiger charge is -1.85. The Kier molecular flexibility index (Phi) is 2.96. The smallest absolute Gasteiger partial charge is 0.157 e. The van der Waals surface area contributed by atoms with Crippen molar-refractivity contribution in [3.05, 3.63) is 41.7 Å². The summed E-state index contributed by atoms with van der Waals surface area (Å²) in [6, 6.07) is 9.40. The molecule has 0 aliphatic heterocycles. The minimum atomic E-state index is -2.15. The van der Waals surface area contributed by atoms with Crippen molar-refractivity contribution < 1.29 is 9.46 Å². The van der Waals surface area contributed by atoms with E-state index in [9.17, 15) is 4.57 Å². The van der Waals surface area contributed by atoms with E-state index in [0.29, 0.717) is 0 Å². The Morgan fingerprint density at radius 3 is 2.45 bits per heavy atom. The van der Waals surface area contributed by atoms with Gasteiger partial charge in [0.1, 0.15) is 0 Å². The minimum absolute atomic E-state index is 0.935. The van der Waals surface area contributed by atoms with E-state index in [1.165, 1.54) is 5.82 Å². The van der Waals surface area contributed by atoms with E-state index in [1.54, 1.807) is 6.08 Å². The first-order valence-corrected chi connectivity index (χ1v) is 4.46. The molecular weight excluding hydrogens is 159 g/mol. The monoisotopic (exact) mass is 167 g/mol. The zero-order chi connectivity index (χ0) is 8.10. The molecule has 1 aromatic carbocycles. The molecule has 0 aromatic heterocycles. The van der Waals surface area contributed by atoms with Crippen LogP contribution in [0, 0.1) is 0 Å². The maximum atomic E-state index is 10.2. The summed E-state index contributed by atoms with van der Waals surface area (Å²) >= 11 is 0. The molecule has 1 rings (SSSR count). The highest BCUT2D eigenvalue weighted by Gasteiger charge is 1.99. The van der Waals surface area contributed by atoms with Crippen molar-refractivity contribution in [2.24, 2.45) is 0 Å². The van der Waals surface area contributed by atoms with Gasteiger partial charge in [0, 0.05) is 0 Å². The summed E-state index contributed by atoms with van der Waals surface area (Å²) < 4.78 is 10.2. The van der Waals surface area contributed by atoms with Gasteiger partial charge >= 0.3 is 8.03 Å². The molecule has 0 aliphatic rings. The lowest BCUT2D eigenvalue weighted by Crippen LogP contribution is -1.65. The van der Waals surface area contributed by atoms with Crippen LogP contribution in [0.2, 0.25) is 0 Å². The van der Waals surface area contributed by atoms with Crippen molar-refractivity contribution in [2.75, 3.05) is 0 Å². The van der Waals surface area contributed by atoms with Crippen LogP contribution in [0.5, 0.6) is 0 Å². The second-order valence-electron chi connectivity index (χ2n) is 2.03. The van der Waals surface area contributed by atoms with Crippen LogP contribution in [-0.2, 0) is 4.57 Å². The first-order valence-electron chi connectivity index (χ1n) is 3.17. The normalized spacial score (nSPS) is 11.9. The third-order valence-electron chi connectivity index (χ3n) is 1.19. The molecule has 0 saturated carbocycles. The molecule has 1 unspecified atom stereocenters. The lowest BCUT2D eigenvalue weighted by molar-refractivity contribution is 0.513. The number of hydrogen-bond donors (Lipinski definition) is 1. The van der Waals surface area contributed by atoms with Crippen LogP contribution in [0.4, 0.5) is 0 Å². The van der Waals surface area contributed by atoms with E-state index in [-0.39, 0.29) is 0 Å². The fourth-order valence-corrected chi connectivity index (χ4v) is 1.01.